The van der Waals surface area contributed by atoms with Crippen LogP contribution in [-0.4, -0.2) is 21.7 Å². The van der Waals surface area contributed by atoms with Crippen molar-refractivity contribution in [2.24, 2.45) is 0 Å². The van der Waals surface area contributed by atoms with E-state index < -0.39 is 0 Å². The largest absolute Gasteiger partial charge is 0.397 e. The molecule has 6 heteroatoms. The average Bonchev–Trinajstić information content (AvgIpc) is 2.70. The van der Waals surface area contributed by atoms with Crippen LogP contribution in [0.15, 0.2) is 16.7 Å². The Balaban J connectivity index is 1.87. The van der Waals surface area contributed by atoms with Gasteiger partial charge >= 0.3 is 0 Å². The third-order valence-electron chi connectivity index (χ3n) is 2.34. The highest BCUT2D eigenvalue weighted by Gasteiger charge is 2.02. The number of anilines is 2. The number of nitrogens with two attached hydrogens (primary N) is 1. The lowest BCUT2D eigenvalue weighted by molar-refractivity contribution is 0.377. The fourth-order valence-corrected chi connectivity index (χ4v) is 1.41. The van der Waals surface area contributed by atoms with Crippen molar-refractivity contribution in [3.8, 4) is 0 Å². The minimum atomic E-state index is 0.627. The molecule has 0 aromatic carbocycles. The van der Waals surface area contributed by atoms with Gasteiger partial charge in [-0.15, -0.1) is 0 Å². The van der Waals surface area contributed by atoms with E-state index in [9.17, 15) is 0 Å². The van der Waals surface area contributed by atoms with E-state index in [1.54, 1.807) is 6.92 Å². The molecule has 0 aliphatic carbocycles. The molecule has 90 valence electrons. The third kappa shape index (κ3) is 2.93. The van der Waals surface area contributed by atoms with E-state index in [1.165, 1.54) is 0 Å². The van der Waals surface area contributed by atoms with Crippen LogP contribution in [0.2, 0.25) is 0 Å². The Bertz CT molecular complexity index is 508. The molecule has 0 saturated carbocycles. The maximum Gasteiger partial charge on any atom is 0.228 e. The van der Waals surface area contributed by atoms with Crippen molar-refractivity contribution < 1.29 is 4.52 Å². The Labute approximate surface area is 99.2 Å². The predicted octanol–water partition coefficient (Wildman–Crippen LogP) is 1.32. The summed E-state index contributed by atoms with van der Waals surface area (Å²) in [5.74, 6) is 2.08. The molecule has 0 unspecified atom stereocenters. The van der Waals surface area contributed by atoms with Gasteiger partial charge in [0.25, 0.3) is 0 Å². The molecule has 6 nitrogen and oxygen atoms in total. The average molecular weight is 233 g/mol. The number of hydrogen-bond donors (Lipinski definition) is 2. The van der Waals surface area contributed by atoms with Crippen molar-refractivity contribution in [3.05, 3.63) is 29.5 Å². The summed E-state index contributed by atoms with van der Waals surface area (Å²) in [6.45, 7) is 4.37. The van der Waals surface area contributed by atoms with Gasteiger partial charge < -0.3 is 15.6 Å². The Morgan fingerprint density at radius 1 is 1.29 bits per heavy atom. The second kappa shape index (κ2) is 4.82. The Kier molecular flexibility index (Phi) is 3.22. The van der Waals surface area contributed by atoms with E-state index in [4.69, 9.17) is 10.3 Å². The molecule has 0 bridgehead atoms. The highest BCUT2D eigenvalue weighted by molar-refractivity contribution is 5.48. The van der Waals surface area contributed by atoms with Gasteiger partial charge in [0, 0.05) is 13.0 Å². The van der Waals surface area contributed by atoms with Crippen LogP contribution in [0.3, 0.4) is 0 Å². The van der Waals surface area contributed by atoms with Crippen molar-refractivity contribution in [2.45, 2.75) is 20.3 Å². The number of hydrogen-bond acceptors (Lipinski definition) is 6. The molecule has 2 rings (SSSR count). The van der Waals surface area contributed by atoms with Gasteiger partial charge in [0.15, 0.2) is 5.82 Å². The van der Waals surface area contributed by atoms with Gasteiger partial charge in [0.05, 0.1) is 11.4 Å². The molecular weight excluding hydrogens is 218 g/mol. The predicted molar refractivity (Wildman–Crippen MR) is 64.6 cm³/mol. The second-order valence-electron chi connectivity index (χ2n) is 3.78. The van der Waals surface area contributed by atoms with Crippen molar-refractivity contribution in [1.82, 2.24) is 15.1 Å². The summed E-state index contributed by atoms with van der Waals surface area (Å²) in [6, 6.07) is 3.68. The molecule has 2 aromatic heterocycles. The molecule has 0 atom stereocenters. The van der Waals surface area contributed by atoms with Crippen LogP contribution in [0.25, 0.3) is 0 Å². The molecule has 2 aromatic rings. The van der Waals surface area contributed by atoms with E-state index in [2.05, 4.69) is 20.4 Å². The first kappa shape index (κ1) is 11.4. The van der Waals surface area contributed by atoms with Crippen molar-refractivity contribution in [1.29, 1.82) is 0 Å². The van der Waals surface area contributed by atoms with Crippen molar-refractivity contribution in [3.63, 3.8) is 0 Å². The second-order valence-corrected chi connectivity index (χ2v) is 3.78. The van der Waals surface area contributed by atoms with E-state index >= 15 is 0 Å². The van der Waals surface area contributed by atoms with Gasteiger partial charge in [0.1, 0.15) is 5.82 Å². The SMILES string of the molecule is Cc1noc(CCNc2ccc(N)c(C)n2)n1. The van der Waals surface area contributed by atoms with Crippen LogP contribution in [0, 0.1) is 13.8 Å². The Morgan fingerprint density at radius 2 is 2.12 bits per heavy atom. The normalized spacial score (nSPS) is 10.5. The van der Waals surface area contributed by atoms with Crippen molar-refractivity contribution in [2.75, 3.05) is 17.6 Å². The zero-order valence-corrected chi connectivity index (χ0v) is 9.90. The molecule has 3 N–H and O–H groups in total. The highest BCUT2D eigenvalue weighted by atomic mass is 16.5. The lowest BCUT2D eigenvalue weighted by Gasteiger charge is -2.05. The van der Waals surface area contributed by atoms with Crippen molar-refractivity contribution >= 4 is 11.5 Å². The zero-order chi connectivity index (χ0) is 12.3. The maximum atomic E-state index is 5.69. The molecule has 0 amide bonds. The number of pyridine rings is 1. The Hall–Kier alpha value is -2.11. The van der Waals surface area contributed by atoms with Gasteiger partial charge in [-0.1, -0.05) is 5.16 Å². The van der Waals surface area contributed by atoms with Crippen LogP contribution >= 0.6 is 0 Å². The van der Waals surface area contributed by atoms with Gasteiger partial charge in [0.2, 0.25) is 5.89 Å². The van der Waals surface area contributed by atoms with E-state index in [0.717, 1.165) is 11.5 Å². The van der Waals surface area contributed by atoms with Gasteiger partial charge in [-0.05, 0) is 26.0 Å². The summed E-state index contributed by atoms with van der Waals surface area (Å²) >= 11 is 0. The molecule has 0 radical (unpaired) electrons. The molecule has 0 aliphatic rings. The molecule has 2 heterocycles. The maximum absolute atomic E-state index is 5.69. The van der Waals surface area contributed by atoms with Gasteiger partial charge in [-0.2, -0.15) is 4.98 Å². The summed E-state index contributed by atoms with van der Waals surface area (Å²) in [5.41, 5.74) is 7.21. The minimum absolute atomic E-state index is 0.627. The topological polar surface area (TPSA) is 89.9 Å². The van der Waals surface area contributed by atoms with Crippen LogP contribution in [0.4, 0.5) is 11.5 Å². The number of nitrogen functional groups attached to an aromatic ring is 1. The minimum Gasteiger partial charge on any atom is -0.397 e. The first-order chi connectivity index (χ1) is 8.15. The summed E-state index contributed by atoms with van der Waals surface area (Å²) in [6.07, 6.45) is 0.673. The zero-order valence-electron chi connectivity index (χ0n) is 9.90. The Morgan fingerprint density at radius 3 is 2.76 bits per heavy atom. The summed E-state index contributed by atoms with van der Waals surface area (Å²) in [4.78, 5) is 8.42. The summed E-state index contributed by atoms with van der Waals surface area (Å²) in [5, 5.41) is 6.90. The third-order valence-corrected chi connectivity index (χ3v) is 2.34. The highest BCUT2D eigenvalue weighted by Crippen LogP contribution is 2.11. The fourth-order valence-electron chi connectivity index (χ4n) is 1.41. The molecular formula is C11H15N5O. The summed E-state index contributed by atoms with van der Waals surface area (Å²) in [7, 11) is 0. The fraction of sp³-hybridized carbons (Fsp3) is 0.364. The quantitative estimate of drug-likeness (QED) is 0.827. The monoisotopic (exact) mass is 233 g/mol. The lowest BCUT2D eigenvalue weighted by atomic mass is 10.3. The first-order valence-corrected chi connectivity index (χ1v) is 5.41. The van der Waals surface area contributed by atoms with Crippen LogP contribution in [-0.2, 0) is 6.42 Å². The molecule has 0 saturated heterocycles. The standard InChI is InChI=1S/C11H15N5O/c1-7-9(12)3-4-10(14-7)13-6-5-11-15-8(2)16-17-11/h3-4H,5-6,12H2,1-2H3,(H,13,14). The van der Waals surface area contributed by atoms with E-state index in [0.29, 0.717) is 30.4 Å². The first-order valence-electron chi connectivity index (χ1n) is 5.41. The lowest BCUT2D eigenvalue weighted by Crippen LogP contribution is -2.07. The molecule has 0 aliphatic heterocycles. The number of rotatable bonds is 4. The van der Waals surface area contributed by atoms with E-state index in [1.807, 2.05) is 19.1 Å². The molecule has 17 heavy (non-hydrogen) atoms. The molecule has 0 spiro atoms. The molecule has 0 fully saturated rings. The number of aryl methyl sites for hydroxylation is 2. The van der Waals surface area contributed by atoms with Gasteiger partial charge in [-0.3, -0.25) is 0 Å². The number of nitrogens with one attached hydrogen (secondary N) is 1. The van der Waals surface area contributed by atoms with Crippen LogP contribution in [0.1, 0.15) is 17.4 Å². The smallest absolute Gasteiger partial charge is 0.228 e. The number of nitrogens with zero attached hydrogens (tertiary/aromatic N) is 3. The van der Waals surface area contributed by atoms with Gasteiger partial charge in [-0.25, -0.2) is 4.98 Å². The summed E-state index contributed by atoms with van der Waals surface area (Å²) < 4.78 is 5.00. The van der Waals surface area contributed by atoms with E-state index in [-0.39, 0.29) is 0 Å². The number of aromatic nitrogens is 3. The van der Waals surface area contributed by atoms with Crippen LogP contribution < -0.4 is 11.1 Å². The van der Waals surface area contributed by atoms with Crippen LogP contribution in [0.5, 0.6) is 0 Å².